The number of piperidine rings is 1. The van der Waals surface area contributed by atoms with E-state index in [0.717, 1.165) is 30.7 Å². The summed E-state index contributed by atoms with van der Waals surface area (Å²) in [4.78, 5) is 15.3. The molecule has 199 valence electrons. The Morgan fingerprint density at radius 2 is 2.00 bits per heavy atom. The van der Waals surface area contributed by atoms with Gasteiger partial charge >= 0.3 is 6.09 Å². The van der Waals surface area contributed by atoms with Gasteiger partial charge in [0.05, 0.1) is 6.61 Å². The van der Waals surface area contributed by atoms with E-state index in [9.17, 15) is 4.79 Å². The van der Waals surface area contributed by atoms with Crippen LogP contribution in [0.3, 0.4) is 0 Å². The first kappa shape index (κ1) is 26.1. The van der Waals surface area contributed by atoms with Crippen LogP contribution in [0.4, 0.5) is 4.79 Å². The van der Waals surface area contributed by atoms with Gasteiger partial charge in [0, 0.05) is 24.4 Å². The summed E-state index contributed by atoms with van der Waals surface area (Å²) >= 11 is 0. The van der Waals surface area contributed by atoms with Gasteiger partial charge in [0.15, 0.2) is 0 Å². The van der Waals surface area contributed by atoms with Crippen LogP contribution in [0.15, 0.2) is 48.5 Å². The highest BCUT2D eigenvalue weighted by molar-refractivity contribution is 5.69. The van der Waals surface area contributed by atoms with Crippen LogP contribution in [-0.2, 0) is 23.2 Å². The van der Waals surface area contributed by atoms with Gasteiger partial charge in [-0.05, 0) is 66.3 Å². The molecule has 0 spiro atoms. The van der Waals surface area contributed by atoms with Crippen molar-refractivity contribution in [1.82, 2.24) is 4.90 Å². The number of amides is 1. The van der Waals surface area contributed by atoms with Crippen LogP contribution in [0.5, 0.6) is 5.75 Å². The Hall–Kier alpha value is -2.49. The Bertz CT molecular complexity index is 1040. The van der Waals surface area contributed by atoms with Crippen LogP contribution in [0.25, 0.3) is 0 Å². The normalized spacial score (nSPS) is 25.1. The first-order valence-electron chi connectivity index (χ1n) is 14.7. The molecule has 2 aromatic rings. The molecule has 4 nitrogen and oxygen atoms in total. The number of nitrogens with zero attached hydrogens (tertiary/aromatic N) is 1. The number of benzene rings is 2. The quantitative estimate of drug-likeness (QED) is 0.332. The monoisotopic (exact) mass is 502 g/mol. The molecule has 5 rings (SSSR count). The largest absolute Gasteiger partial charge is 0.493 e. The lowest BCUT2D eigenvalue weighted by Gasteiger charge is -2.58. The van der Waals surface area contributed by atoms with Crippen molar-refractivity contribution in [3.63, 3.8) is 0 Å². The third-order valence-corrected chi connectivity index (χ3v) is 9.38. The van der Waals surface area contributed by atoms with E-state index >= 15 is 0 Å². The summed E-state index contributed by atoms with van der Waals surface area (Å²) in [6.07, 6.45) is 14.1. The van der Waals surface area contributed by atoms with Crippen LogP contribution in [0.2, 0.25) is 0 Å². The van der Waals surface area contributed by atoms with Gasteiger partial charge < -0.3 is 14.4 Å². The molecule has 2 aliphatic carbocycles. The van der Waals surface area contributed by atoms with Crippen molar-refractivity contribution in [3.05, 3.63) is 71.6 Å². The molecule has 1 aliphatic heterocycles. The SMILES string of the molecule is CCCCC([CH]COc1ccc2c(c1)[C@@]13CCCC[C@H]1[C@@H](C2)N(C(=O)OCc1ccccc1)CC3)CC. The van der Waals surface area contributed by atoms with Crippen LogP contribution in [-0.4, -0.2) is 30.2 Å². The minimum Gasteiger partial charge on any atom is -0.493 e. The summed E-state index contributed by atoms with van der Waals surface area (Å²) in [5.41, 5.74) is 4.10. The second-order valence-corrected chi connectivity index (χ2v) is 11.4. The number of unbranched alkanes of at least 4 members (excludes halogenated alkanes) is 1. The van der Waals surface area contributed by atoms with Gasteiger partial charge in [0.25, 0.3) is 0 Å². The molecule has 1 amide bonds. The number of carbonyl (C=O) groups excluding carboxylic acids is 1. The molecule has 37 heavy (non-hydrogen) atoms. The summed E-state index contributed by atoms with van der Waals surface area (Å²) in [5.74, 6) is 2.15. The fraction of sp³-hybridized carbons (Fsp3) is 0.576. The highest BCUT2D eigenvalue weighted by Crippen LogP contribution is 2.56. The maximum Gasteiger partial charge on any atom is 0.410 e. The van der Waals surface area contributed by atoms with Crippen molar-refractivity contribution >= 4 is 6.09 Å². The Morgan fingerprint density at radius 1 is 1.14 bits per heavy atom. The molecule has 1 radical (unpaired) electrons. The lowest BCUT2D eigenvalue weighted by Crippen LogP contribution is -2.62. The standard InChI is InChI=1S/C33H44NO3/c1-3-5-11-25(4-2)17-21-36-28-16-15-27-22-31-29-14-9-10-18-33(29,30(27)23-28)19-20-34(31)32(35)37-24-26-12-7-6-8-13-26/h6-8,12-13,15-17,23,25,29,31H,3-5,9-11,14,18-22,24H2,1-2H3/t25?,29-,31+,33+/m0/s1. The first-order valence-corrected chi connectivity index (χ1v) is 14.7. The van der Waals surface area contributed by atoms with Gasteiger partial charge in [-0.1, -0.05) is 88.8 Å². The minimum atomic E-state index is -0.152. The second kappa shape index (κ2) is 11.9. The fourth-order valence-electron chi connectivity index (χ4n) is 7.34. The molecule has 1 saturated carbocycles. The molecule has 4 heteroatoms. The van der Waals surface area contributed by atoms with Crippen LogP contribution in [0.1, 0.15) is 88.3 Å². The van der Waals surface area contributed by atoms with E-state index in [1.54, 1.807) is 0 Å². The molecule has 2 aromatic carbocycles. The van der Waals surface area contributed by atoms with E-state index in [2.05, 4.69) is 43.4 Å². The lowest BCUT2D eigenvalue weighted by atomic mass is 9.52. The van der Waals surface area contributed by atoms with Crippen molar-refractivity contribution in [1.29, 1.82) is 0 Å². The van der Waals surface area contributed by atoms with E-state index in [1.165, 1.54) is 62.5 Å². The van der Waals surface area contributed by atoms with Gasteiger partial charge in [-0.3, -0.25) is 0 Å². The maximum absolute atomic E-state index is 13.3. The summed E-state index contributed by atoms with van der Waals surface area (Å²) < 4.78 is 12.1. The zero-order valence-corrected chi connectivity index (χ0v) is 22.8. The Balaban J connectivity index is 1.29. The van der Waals surface area contributed by atoms with Crippen molar-refractivity contribution < 1.29 is 14.3 Å². The molecule has 1 unspecified atom stereocenters. The van der Waals surface area contributed by atoms with Crippen molar-refractivity contribution in [2.45, 2.75) is 96.1 Å². The Kier molecular flexibility index (Phi) is 8.42. The van der Waals surface area contributed by atoms with Crippen molar-refractivity contribution in [2.24, 2.45) is 11.8 Å². The number of ether oxygens (including phenoxy) is 2. The van der Waals surface area contributed by atoms with E-state index < -0.39 is 0 Å². The molecular formula is C33H44NO3. The zero-order chi connectivity index (χ0) is 25.7. The van der Waals surface area contributed by atoms with Crippen molar-refractivity contribution in [3.8, 4) is 5.75 Å². The number of carbonyl (C=O) groups is 1. The van der Waals surface area contributed by atoms with Gasteiger partial charge in [0.1, 0.15) is 12.4 Å². The van der Waals surface area contributed by atoms with Gasteiger partial charge in [-0.25, -0.2) is 4.79 Å². The fourth-order valence-corrected chi connectivity index (χ4v) is 7.34. The average Bonchev–Trinajstić information content (AvgIpc) is 2.94. The van der Waals surface area contributed by atoms with E-state index in [4.69, 9.17) is 9.47 Å². The summed E-state index contributed by atoms with van der Waals surface area (Å²) in [6.45, 7) is 6.34. The topological polar surface area (TPSA) is 38.8 Å². The van der Waals surface area contributed by atoms with Crippen LogP contribution >= 0.6 is 0 Å². The Labute approximate surface area is 223 Å². The number of hydrogen-bond acceptors (Lipinski definition) is 3. The van der Waals surface area contributed by atoms with E-state index in [1.807, 2.05) is 30.3 Å². The second-order valence-electron chi connectivity index (χ2n) is 11.4. The molecule has 3 aliphatic rings. The lowest BCUT2D eigenvalue weighted by molar-refractivity contribution is -0.0137. The van der Waals surface area contributed by atoms with E-state index in [-0.39, 0.29) is 17.6 Å². The average molecular weight is 503 g/mol. The molecule has 0 N–H and O–H groups in total. The van der Waals surface area contributed by atoms with Crippen molar-refractivity contribution in [2.75, 3.05) is 13.2 Å². The molecule has 2 bridgehead atoms. The number of rotatable bonds is 10. The molecule has 0 aromatic heterocycles. The predicted molar refractivity (Wildman–Crippen MR) is 149 cm³/mol. The summed E-state index contributed by atoms with van der Waals surface area (Å²) in [5, 5.41) is 0. The molecule has 1 heterocycles. The number of likely N-dealkylation sites (tertiary alicyclic amines) is 1. The highest BCUT2D eigenvalue weighted by atomic mass is 16.6. The highest BCUT2D eigenvalue weighted by Gasteiger charge is 2.55. The first-order chi connectivity index (χ1) is 18.1. The van der Waals surface area contributed by atoms with Gasteiger partial charge in [-0.15, -0.1) is 0 Å². The van der Waals surface area contributed by atoms with Crippen LogP contribution < -0.4 is 4.74 Å². The molecule has 4 atom stereocenters. The molecule has 2 fully saturated rings. The predicted octanol–water partition coefficient (Wildman–Crippen LogP) is 7.88. The third-order valence-electron chi connectivity index (χ3n) is 9.38. The molecule has 1 saturated heterocycles. The van der Waals surface area contributed by atoms with Gasteiger partial charge in [-0.2, -0.15) is 0 Å². The number of hydrogen-bond donors (Lipinski definition) is 0. The van der Waals surface area contributed by atoms with Crippen LogP contribution in [0, 0.1) is 18.3 Å². The molecular weight excluding hydrogens is 458 g/mol. The number of fused-ring (bicyclic) bond motifs is 1. The third kappa shape index (κ3) is 5.54. The summed E-state index contributed by atoms with van der Waals surface area (Å²) in [6, 6.07) is 17.0. The Morgan fingerprint density at radius 3 is 2.81 bits per heavy atom. The zero-order valence-electron chi connectivity index (χ0n) is 22.8. The smallest absolute Gasteiger partial charge is 0.410 e. The minimum absolute atomic E-state index is 0.152. The van der Waals surface area contributed by atoms with Gasteiger partial charge in [0.2, 0.25) is 0 Å². The maximum atomic E-state index is 13.3. The van der Waals surface area contributed by atoms with E-state index in [0.29, 0.717) is 25.0 Å². The summed E-state index contributed by atoms with van der Waals surface area (Å²) in [7, 11) is 0.